The van der Waals surface area contributed by atoms with Gasteiger partial charge in [-0.2, -0.15) is 10.5 Å². The van der Waals surface area contributed by atoms with Crippen molar-refractivity contribution in [3.05, 3.63) is 34.4 Å². The van der Waals surface area contributed by atoms with E-state index in [0.29, 0.717) is 23.0 Å². The smallest absolute Gasteiger partial charge is 0.101 e. The highest BCUT2D eigenvalue weighted by Crippen LogP contribution is 2.22. The van der Waals surface area contributed by atoms with Crippen molar-refractivity contribution in [1.82, 2.24) is 0 Å². The van der Waals surface area contributed by atoms with Gasteiger partial charge in [-0.1, -0.05) is 39.8 Å². The van der Waals surface area contributed by atoms with Crippen molar-refractivity contribution in [2.75, 3.05) is 0 Å². The number of benzene rings is 1. The van der Waals surface area contributed by atoms with Crippen LogP contribution in [0, 0.1) is 34.5 Å². The molecule has 0 fully saturated rings. The van der Waals surface area contributed by atoms with Crippen LogP contribution >= 0.6 is 0 Å². The molecule has 0 heterocycles. The summed E-state index contributed by atoms with van der Waals surface area (Å²) in [7, 11) is 0. The van der Waals surface area contributed by atoms with Gasteiger partial charge in [0.05, 0.1) is 11.1 Å². The maximum absolute atomic E-state index is 9.40. The van der Waals surface area contributed by atoms with Gasteiger partial charge in [-0.3, -0.25) is 0 Å². The summed E-state index contributed by atoms with van der Waals surface area (Å²) in [5.74, 6) is 1.21. The first-order chi connectivity index (χ1) is 9.49. The van der Waals surface area contributed by atoms with Crippen molar-refractivity contribution < 1.29 is 0 Å². The van der Waals surface area contributed by atoms with Gasteiger partial charge in [-0.05, 0) is 48.6 Å². The third-order valence-electron chi connectivity index (χ3n) is 3.58. The minimum Gasteiger partial charge on any atom is -0.192 e. The summed E-state index contributed by atoms with van der Waals surface area (Å²) < 4.78 is 0. The molecule has 1 rings (SSSR count). The van der Waals surface area contributed by atoms with Crippen molar-refractivity contribution in [3.63, 3.8) is 0 Å². The third kappa shape index (κ3) is 4.39. The summed E-state index contributed by atoms with van der Waals surface area (Å²) in [4.78, 5) is 0. The summed E-state index contributed by atoms with van der Waals surface area (Å²) in [6.45, 7) is 8.70. The van der Waals surface area contributed by atoms with Crippen LogP contribution in [0.5, 0.6) is 0 Å². The first kappa shape index (κ1) is 16.3. The molecule has 0 atom stereocenters. The SMILES string of the molecule is CC(C)CCc1ccc(CCC(C)C)c(C#N)c1C#N. The Morgan fingerprint density at radius 1 is 0.800 bits per heavy atom. The number of hydrogen-bond donors (Lipinski definition) is 0. The molecule has 0 aliphatic rings. The lowest BCUT2D eigenvalue weighted by molar-refractivity contribution is 0.583. The maximum Gasteiger partial charge on any atom is 0.101 e. The van der Waals surface area contributed by atoms with Crippen molar-refractivity contribution in [1.29, 1.82) is 10.5 Å². The zero-order valence-electron chi connectivity index (χ0n) is 13.0. The van der Waals surface area contributed by atoms with Crippen molar-refractivity contribution in [3.8, 4) is 12.1 Å². The highest BCUT2D eigenvalue weighted by Gasteiger charge is 2.13. The highest BCUT2D eigenvalue weighted by molar-refractivity contribution is 5.54. The molecule has 0 aliphatic carbocycles. The van der Waals surface area contributed by atoms with Gasteiger partial charge in [-0.25, -0.2) is 0 Å². The molecule has 1 aromatic carbocycles. The lowest BCUT2D eigenvalue weighted by Crippen LogP contribution is -2.02. The van der Waals surface area contributed by atoms with Gasteiger partial charge in [0.2, 0.25) is 0 Å². The standard InChI is InChI=1S/C18H24N2/c1-13(2)5-7-15-9-10-16(8-6-14(3)4)18(12-20)17(15)11-19/h9-10,13-14H,5-8H2,1-4H3. The zero-order chi connectivity index (χ0) is 15.1. The molecular formula is C18H24N2. The van der Waals surface area contributed by atoms with E-state index in [1.54, 1.807) is 0 Å². The molecule has 0 N–H and O–H groups in total. The second-order valence-electron chi connectivity index (χ2n) is 6.22. The Hall–Kier alpha value is -1.80. The van der Waals surface area contributed by atoms with E-state index >= 15 is 0 Å². The fourth-order valence-corrected chi connectivity index (χ4v) is 2.25. The van der Waals surface area contributed by atoms with Gasteiger partial charge < -0.3 is 0 Å². The molecule has 0 saturated carbocycles. The summed E-state index contributed by atoms with van der Waals surface area (Å²) in [5, 5.41) is 18.8. The van der Waals surface area contributed by atoms with Crippen molar-refractivity contribution in [2.24, 2.45) is 11.8 Å². The average Bonchev–Trinajstić information content (AvgIpc) is 2.41. The normalized spacial score (nSPS) is 10.6. The fraction of sp³-hybridized carbons (Fsp3) is 0.556. The molecule has 1 aromatic rings. The van der Waals surface area contributed by atoms with E-state index in [1.807, 2.05) is 12.1 Å². The van der Waals surface area contributed by atoms with Gasteiger partial charge in [-0.15, -0.1) is 0 Å². The van der Waals surface area contributed by atoms with Gasteiger partial charge in [0.25, 0.3) is 0 Å². The lowest BCUT2D eigenvalue weighted by atomic mass is 9.90. The van der Waals surface area contributed by atoms with Crippen LogP contribution in [0.15, 0.2) is 12.1 Å². The van der Waals surface area contributed by atoms with Gasteiger partial charge in [0.15, 0.2) is 0 Å². The largest absolute Gasteiger partial charge is 0.192 e. The van der Waals surface area contributed by atoms with Crippen LogP contribution in [-0.2, 0) is 12.8 Å². The van der Waals surface area contributed by atoms with Crippen molar-refractivity contribution >= 4 is 0 Å². The second kappa shape index (κ2) is 7.71. The molecule has 0 saturated heterocycles. The van der Waals surface area contributed by atoms with Gasteiger partial charge >= 0.3 is 0 Å². The third-order valence-corrected chi connectivity index (χ3v) is 3.58. The number of hydrogen-bond acceptors (Lipinski definition) is 2. The Labute approximate surface area is 123 Å². The van der Waals surface area contributed by atoms with Gasteiger partial charge in [0, 0.05) is 0 Å². The molecule has 20 heavy (non-hydrogen) atoms. The summed E-state index contributed by atoms with van der Waals surface area (Å²) in [6, 6.07) is 8.57. The lowest BCUT2D eigenvalue weighted by Gasteiger charge is -2.12. The quantitative estimate of drug-likeness (QED) is 0.756. The predicted molar refractivity (Wildman–Crippen MR) is 82.2 cm³/mol. The molecule has 2 nitrogen and oxygen atoms in total. The highest BCUT2D eigenvalue weighted by atomic mass is 14.3. The number of aryl methyl sites for hydroxylation is 2. The zero-order valence-corrected chi connectivity index (χ0v) is 13.0. The molecule has 0 amide bonds. The van der Waals surface area contributed by atoms with Crippen LogP contribution in [0.4, 0.5) is 0 Å². The molecule has 0 radical (unpaired) electrons. The van der Waals surface area contributed by atoms with Crippen molar-refractivity contribution in [2.45, 2.75) is 53.4 Å². The number of nitrogens with zero attached hydrogens (tertiary/aromatic N) is 2. The Balaban J connectivity index is 3.08. The first-order valence-electron chi connectivity index (χ1n) is 7.44. The van der Waals surface area contributed by atoms with Crippen LogP contribution < -0.4 is 0 Å². The molecule has 2 heteroatoms. The Morgan fingerprint density at radius 3 is 1.40 bits per heavy atom. The predicted octanol–water partition coefficient (Wildman–Crippen LogP) is 4.61. The molecule has 0 aliphatic heterocycles. The Kier molecular flexibility index (Phi) is 6.26. The summed E-state index contributed by atoms with van der Waals surface area (Å²) in [6.07, 6.45) is 3.84. The van der Waals surface area contributed by atoms with E-state index in [-0.39, 0.29) is 0 Å². The van der Waals surface area contributed by atoms with E-state index in [0.717, 1.165) is 36.8 Å². The summed E-state index contributed by atoms with van der Waals surface area (Å²) >= 11 is 0. The fourth-order valence-electron chi connectivity index (χ4n) is 2.25. The molecule has 0 bridgehead atoms. The van der Waals surface area contributed by atoms with E-state index in [1.165, 1.54) is 0 Å². The topological polar surface area (TPSA) is 47.6 Å². The van der Waals surface area contributed by atoms with Crippen LogP contribution in [0.1, 0.15) is 62.8 Å². The van der Waals surface area contributed by atoms with E-state index in [2.05, 4.69) is 39.8 Å². The number of nitriles is 2. The molecule has 0 unspecified atom stereocenters. The monoisotopic (exact) mass is 268 g/mol. The first-order valence-corrected chi connectivity index (χ1v) is 7.44. The molecule has 0 spiro atoms. The summed E-state index contributed by atoms with van der Waals surface area (Å²) in [5.41, 5.74) is 3.22. The van der Waals surface area contributed by atoms with Gasteiger partial charge in [0.1, 0.15) is 12.1 Å². The van der Waals surface area contributed by atoms with E-state index in [4.69, 9.17) is 0 Å². The van der Waals surface area contributed by atoms with Crippen LogP contribution in [-0.4, -0.2) is 0 Å². The Morgan fingerprint density at radius 2 is 1.15 bits per heavy atom. The average molecular weight is 268 g/mol. The molecule has 106 valence electrons. The van der Waals surface area contributed by atoms with Crippen LogP contribution in [0.25, 0.3) is 0 Å². The Bertz CT molecular complexity index is 479. The molecule has 0 aromatic heterocycles. The minimum atomic E-state index is 0.592. The van der Waals surface area contributed by atoms with E-state index in [9.17, 15) is 10.5 Å². The second-order valence-corrected chi connectivity index (χ2v) is 6.22. The number of rotatable bonds is 6. The van der Waals surface area contributed by atoms with Crippen LogP contribution in [0.2, 0.25) is 0 Å². The van der Waals surface area contributed by atoms with E-state index < -0.39 is 0 Å². The molecular weight excluding hydrogens is 244 g/mol. The minimum absolute atomic E-state index is 0.592. The maximum atomic E-state index is 9.40. The van der Waals surface area contributed by atoms with Crippen LogP contribution in [0.3, 0.4) is 0 Å².